The van der Waals surface area contributed by atoms with Crippen molar-refractivity contribution in [2.45, 2.75) is 12.6 Å². The number of nitrogens with two attached hydrogens (primary N) is 1. The molecule has 5 rings (SSSR count). The third-order valence-electron chi connectivity index (χ3n) is 5.74. The molecule has 2 aromatic carbocycles. The summed E-state index contributed by atoms with van der Waals surface area (Å²) in [5, 5.41) is 5.93. The lowest BCUT2D eigenvalue weighted by Gasteiger charge is -2.33. The number of carbonyl (C=O) groups is 1. The molecule has 0 saturated heterocycles. The molecule has 4 aromatic rings. The Kier molecular flexibility index (Phi) is 4.48. The Morgan fingerprint density at radius 2 is 2.10 bits per heavy atom. The van der Waals surface area contributed by atoms with Crippen molar-refractivity contribution in [2.75, 3.05) is 19.4 Å². The molecule has 0 saturated carbocycles. The lowest BCUT2D eigenvalue weighted by Crippen LogP contribution is -2.36. The van der Waals surface area contributed by atoms with Gasteiger partial charge in [-0.15, -0.1) is 0 Å². The average Bonchev–Trinajstić information content (AvgIpc) is 3.14. The fraction of sp³-hybridized carbons (Fsp3) is 0.227. The van der Waals surface area contributed by atoms with E-state index in [0.717, 1.165) is 37.4 Å². The number of hydrogen-bond donors (Lipinski definition) is 1. The minimum Gasteiger partial charge on any atom is -0.383 e. The number of ether oxygens (including phenoxy) is 1. The number of anilines is 1. The number of aryl methyl sites for hydroxylation is 1. The zero-order chi connectivity index (χ0) is 21.0. The summed E-state index contributed by atoms with van der Waals surface area (Å²) in [4.78, 5) is 19.6. The lowest BCUT2D eigenvalue weighted by atomic mass is 9.97. The monoisotopic (exact) mass is 465 g/mol. The van der Waals surface area contributed by atoms with Crippen LogP contribution < -0.4 is 5.73 Å². The molecule has 0 spiro atoms. The molecule has 0 bridgehead atoms. The van der Waals surface area contributed by atoms with Gasteiger partial charge in [0.25, 0.3) is 5.91 Å². The van der Waals surface area contributed by atoms with Crippen LogP contribution in [-0.2, 0) is 18.4 Å². The molecule has 7 nitrogen and oxygen atoms in total. The molecule has 2 aromatic heterocycles. The molecule has 0 radical (unpaired) electrons. The quantitative estimate of drug-likeness (QED) is 0.486. The van der Waals surface area contributed by atoms with E-state index < -0.39 is 0 Å². The lowest BCUT2D eigenvalue weighted by molar-refractivity contribution is 0.0346. The van der Waals surface area contributed by atoms with Gasteiger partial charge in [-0.25, -0.2) is 4.98 Å². The normalized spacial score (nSPS) is 16.0. The van der Waals surface area contributed by atoms with E-state index >= 15 is 0 Å². The second kappa shape index (κ2) is 7.07. The Bertz CT molecular complexity index is 1320. The van der Waals surface area contributed by atoms with E-state index in [1.54, 1.807) is 21.8 Å². The predicted molar refractivity (Wildman–Crippen MR) is 119 cm³/mol. The van der Waals surface area contributed by atoms with E-state index in [1.165, 1.54) is 0 Å². The van der Waals surface area contributed by atoms with Gasteiger partial charge in [0.15, 0.2) is 0 Å². The van der Waals surface area contributed by atoms with E-state index in [0.29, 0.717) is 24.6 Å². The number of carbonyl (C=O) groups excluding carboxylic acids is 1. The van der Waals surface area contributed by atoms with Gasteiger partial charge in [-0.1, -0.05) is 22.0 Å². The van der Waals surface area contributed by atoms with Gasteiger partial charge in [-0.05, 0) is 41.5 Å². The first-order valence-electron chi connectivity index (χ1n) is 9.58. The molecule has 0 fully saturated rings. The van der Waals surface area contributed by atoms with E-state index in [4.69, 9.17) is 10.5 Å². The number of hydrogen-bond acceptors (Lipinski definition) is 5. The fourth-order valence-corrected chi connectivity index (χ4v) is 4.56. The van der Waals surface area contributed by atoms with Crippen molar-refractivity contribution in [1.82, 2.24) is 19.7 Å². The van der Waals surface area contributed by atoms with E-state index in [9.17, 15) is 4.79 Å². The first-order valence-corrected chi connectivity index (χ1v) is 10.4. The molecule has 1 amide bonds. The Morgan fingerprint density at radius 1 is 1.27 bits per heavy atom. The van der Waals surface area contributed by atoms with Crippen LogP contribution in [0.15, 0.2) is 47.1 Å². The zero-order valence-electron chi connectivity index (χ0n) is 16.6. The molecule has 2 N–H and O–H groups in total. The summed E-state index contributed by atoms with van der Waals surface area (Å²) in [6.45, 7) is 1.02. The molecule has 1 aliphatic heterocycles. The summed E-state index contributed by atoms with van der Waals surface area (Å²) >= 11 is 3.51. The average molecular weight is 466 g/mol. The summed E-state index contributed by atoms with van der Waals surface area (Å²) in [7, 11) is 3.68. The zero-order valence-corrected chi connectivity index (χ0v) is 18.2. The molecular weight excluding hydrogens is 446 g/mol. The highest BCUT2D eigenvalue weighted by molar-refractivity contribution is 9.10. The predicted octanol–water partition coefficient (Wildman–Crippen LogP) is 3.81. The van der Waals surface area contributed by atoms with E-state index in [1.807, 2.05) is 38.4 Å². The molecule has 30 heavy (non-hydrogen) atoms. The second-order valence-electron chi connectivity index (χ2n) is 7.55. The smallest absolute Gasteiger partial charge is 0.254 e. The first kappa shape index (κ1) is 19.0. The fourth-order valence-electron chi connectivity index (χ4n) is 4.15. The Morgan fingerprint density at radius 3 is 2.93 bits per heavy atom. The van der Waals surface area contributed by atoms with Crippen LogP contribution in [0.25, 0.3) is 21.8 Å². The highest BCUT2D eigenvalue weighted by Gasteiger charge is 2.28. The Hall–Kier alpha value is -2.97. The third kappa shape index (κ3) is 2.95. The Balaban J connectivity index is 1.56. The number of rotatable bonds is 2. The number of nitrogens with zero attached hydrogens (tertiary/aromatic N) is 4. The van der Waals surface area contributed by atoms with Gasteiger partial charge in [-0.2, -0.15) is 5.10 Å². The maximum Gasteiger partial charge on any atom is 0.254 e. The molecular formula is C22H20BrN5O2. The highest BCUT2D eigenvalue weighted by atomic mass is 79.9. The summed E-state index contributed by atoms with van der Waals surface area (Å²) in [6.07, 6.45) is 1.70. The summed E-state index contributed by atoms with van der Waals surface area (Å²) < 4.78 is 8.53. The van der Waals surface area contributed by atoms with Crippen LogP contribution >= 0.6 is 15.9 Å². The van der Waals surface area contributed by atoms with Crippen LogP contribution in [0.3, 0.4) is 0 Å². The van der Waals surface area contributed by atoms with Gasteiger partial charge in [0, 0.05) is 29.5 Å². The SMILES string of the molecule is CN(C(=O)c1ccc2nc(N)c3cnn(C)c3c2c1)[C@@H]1COCc2cc(Br)ccc21. The maximum absolute atomic E-state index is 13.4. The van der Waals surface area contributed by atoms with Crippen LogP contribution in [0.5, 0.6) is 0 Å². The topological polar surface area (TPSA) is 86.3 Å². The van der Waals surface area contributed by atoms with Crippen LogP contribution in [0.4, 0.5) is 5.82 Å². The highest BCUT2D eigenvalue weighted by Crippen LogP contribution is 2.33. The Labute approximate surface area is 181 Å². The van der Waals surface area contributed by atoms with Crippen LogP contribution in [0, 0.1) is 0 Å². The van der Waals surface area contributed by atoms with Crippen molar-refractivity contribution in [3.05, 3.63) is 63.8 Å². The number of fused-ring (bicyclic) bond motifs is 4. The standard InChI is InChI=1S/C22H20BrN5O2/c1-27(19-11-30-10-13-7-14(23)4-5-15(13)19)22(29)12-3-6-18-16(8-12)20-17(21(24)26-18)9-25-28(20)2/h3-9,19H,10-11H2,1-2H3,(H2,24,26)/t19-/m1/s1. The van der Waals surface area contributed by atoms with Crippen molar-refractivity contribution in [3.8, 4) is 0 Å². The van der Waals surface area contributed by atoms with Crippen LogP contribution in [0.1, 0.15) is 27.5 Å². The van der Waals surface area contributed by atoms with Gasteiger partial charge in [0.05, 0.1) is 41.9 Å². The molecule has 1 atom stereocenters. The van der Waals surface area contributed by atoms with Gasteiger partial charge in [0.2, 0.25) is 0 Å². The molecule has 0 aliphatic carbocycles. The minimum absolute atomic E-state index is 0.0755. The van der Waals surface area contributed by atoms with E-state index in [2.05, 4.69) is 32.1 Å². The molecule has 8 heteroatoms. The van der Waals surface area contributed by atoms with Gasteiger partial charge < -0.3 is 15.4 Å². The summed E-state index contributed by atoms with van der Waals surface area (Å²) in [5.74, 6) is 0.359. The molecule has 152 valence electrons. The first-order chi connectivity index (χ1) is 14.4. The van der Waals surface area contributed by atoms with Crippen LogP contribution in [-0.4, -0.2) is 39.2 Å². The minimum atomic E-state index is -0.147. The van der Waals surface area contributed by atoms with Gasteiger partial charge >= 0.3 is 0 Å². The largest absolute Gasteiger partial charge is 0.383 e. The van der Waals surface area contributed by atoms with Crippen molar-refractivity contribution < 1.29 is 9.53 Å². The summed E-state index contributed by atoms with van der Waals surface area (Å²) in [5.41, 5.74) is 10.5. The maximum atomic E-state index is 13.4. The van der Waals surface area contributed by atoms with E-state index in [-0.39, 0.29) is 11.9 Å². The number of amides is 1. The molecule has 0 unspecified atom stereocenters. The van der Waals surface area contributed by atoms with Crippen LogP contribution in [0.2, 0.25) is 0 Å². The number of benzene rings is 2. The number of pyridine rings is 1. The number of aromatic nitrogens is 3. The molecule has 1 aliphatic rings. The van der Waals surface area contributed by atoms with Crippen molar-refractivity contribution in [3.63, 3.8) is 0 Å². The van der Waals surface area contributed by atoms with Crippen molar-refractivity contribution >= 4 is 49.5 Å². The number of halogens is 1. The third-order valence-corrected chi connectivity index (χ3v) is 6.23. The van der Waals surface area contributed by atoms with Crippen molar-refractivity contribution in [1.29, 1.82) is 0 Å². The number of likely N-dealkylation sites (N-methyl/N-ethyl adjacent to an activating group) is 1. The summed E-state index contributed by atoms with van der Waals surface area (Å²) in [6, 6.07) is 11.5. The second-order valence-corrected chi connectivity index (χ2v) is 8.47. The molecule has 3 heterocycles. The number of nitrogen functional groups attached to an aromatic ring is 1. The van der Waals surface area contributed by atoms with Gasteiger partial charge in [-0.3, -0.25) is 9.48 Å². The van der Waals surface area contributed by atoms with Crippen molar-refractivity contribution in [2.24, 2.45) is 7.05 Å². The van der Waals surface area contributed by atoms with Gasteiger partial charge in [0.1, 0.15) is 5.82 Å².